The molecule has 2 aromatic carbocycles. The summed E-state index contributed by atoms with van der Waals surface area (Å²) in [5.74, 6) is 1.81. The van der Waals surface area contributed by atoms with Crippen molar-refractivity contribution in [1.82, 2.24) is 0 Å². The van der Waals surface area contributed by atoms with Crippen molar-refractivity contribution in [2.75, 3.05) is 14.2 Å². The number of halogens is 1. The predicted molar refractivity (Wildman–Crippen MR) is 85.3 cm³/mol. The van der Waals surface area contributed by atoms with E-state index in [-0.39, 0.29) is 0 Å². The van der Waals surface area contributed by atoms with E-state index in [1.165, 1.54) is 11.1 Å². The van der Waals surface area contributed by atoms with Gasteiger partial charge in [0.2, 0.25) is 0 Å². The van der Waals surface area contributed by atoms with Crippen molar-refractivity contribution in [2.45, 2.75) is 3.93 Å². The number of hydrogen-bond acceptors (Lipinski definition) is 2. The van der Waals surface area contributed by atoms with Crippen LogP contribution in [0.3, 0.4) is 0 Å². The third-order valence-corrected chi connectivity index (χ3v) is 11.1. The second kappa shape index (κ2) is 7.19. The Kier molecular flexibility index (Phi) is 5.57. The summed E-state index contributed by atoms with van der Waals surface area (Å²) >= 11 is 2.79. The minimum absolute atomic E-state index is 0.540. The summed E-state index contributed by atoms with van der Waals surface area (Å²) in [5, 5.41) is 0. The van der Waals surface area contributed by atoms with Gasteiger partial charge in [0.1, 0.15) is 0 Å². The van der Waals surface area contributed by atoms with Crippen LogP contribution in [-0.2, 0) is 0 Å². The Hall–Kier alpha value is -0.681. The number of methoxy groups -OCH3 is 2. The molecule has 19 heavy (non-hydrogen) atoms. The maximum absolute atomic E-state index is 5.21. The van der Waals surface area contributed by atoms with E-state index < -0.39 is 18.9 Å². The molecule has 0 saturated carbocycles. The minimum atomic E-state index is -1.02. The summed E-state index contributed by atoms with van der Waals surface area (Å²) in [7, 11) is 3.39. The zero-order valence-corrected chi connectivity index (χ0v) is 16.7. The van der Waals surface area contributed by atoms with Gasteiger partial charge in [-0.2, -0.15) is 0 Å². The van der Waals surface area contributed by atoms with Gasteiger partial charge < -0.3 is 0 Å². The first-order valence-corrected chi connectivity index (χ1v) is 17.5. The van der Waals surface area contributed by atoms with Crippen LogP contribution < -0.4 is 9.47 Å². The number of benzene rings is 2. The van der Waals surface area contributed by atoms with Gasteiger partial charge in [0, 0.05) is 0 Å². The van der Waals surface area contributed by atoms with Gasteiger partial charge in [-0.1, -0.05) is 0 Å². The Morgan fingerprint density at radius 2 is 1.16 bits per heavy atom. The first kappa shape index (κ1) is 14.7. The monoisotopic (exact) mass is 428 g/mol. The van der Waals surface area contributed by atoms with Crippen LogP contribution >= 0.6 is 12.7 Å². The fraction of sp³-hybridized carbons (Fsp3) is 0.200. The molecule has 0 unspecified atom stereocenters. The molecule has 0 fully saturated rings. The summed E-state index contributed by atoms with van der Waals surface area (Å²) in [5.41, 5.74) is 2.72. The van der Waals surface area contributed by atoms with Gasteiger partial charge in [0.05, 0.1) is 0 Å². The molecule has 2 aromatic rings. The number of rotatable bonds is 5. The molecule has 100 valence electrons. The molecule has 0 aromatic heterocycles. The Morgan fingerprint density at radius 1 is 0.789 bits per heavy atom. The van der Waals surface area contributed by atoms with Gasteiger partial charge in [-0.3, -0.25) is 0 Å². The molecular weight excluding hydrogens is 411 g/mol. The van der Waals surface area contributed by atoms with Gasteiger partial charge in [0.25, 0.3) is 0 Å². The Morgan fingerprint density at radius 3 is 1.42 bits per heavy atom. The quantitative estimate of drug-likeness (QED) is 0.682. The molecule has 0 heterocycles. The zero-order chi connectivity index (χ0) is 13.7. The van der Waals surface area contributed by atoms with E-state index in [1.807, 2.05) is 24.3 Å². The van der Waals surface area contributed by atoms with Crippen molar-refractivity contribution in [1.29, 1.82) is 0 Å². The van der Waals surface area contributed by atoms with Crippen LogP contribution in [0, 0.1) is 0 Å². The molecule has 0 saturated heterocycles. The fourth-order valence-corrected chi connectivity index (χ4v) is 9.63. The zero-order valence-electron chi connectivity index (χ0n) is 11.1. The molecule has 0 spiro atoms. The van der Waals surface area contributed by atoms with Crippen LogP contribution in [-0.4, -0.2) is 33.1 Å². The van der Waals surface area contributed by atoms with Gasteiger partial charge >= 0.3 is 130 Å². The summed E-state index contributed by atoms with van der Waals surface area (Å²) < 4.78 is 11.0. The Bertz CT molecular complexity index is 463. The second-order valence-corrected chi connectivity index (χ2v) is 11.8. The van der Waals surface area contributed by atoms with Gasteiger partial charge in [-0.15, -0.1) is 0 Å². The van der Waals surface area contributed by atoms with Crippen LogP contribution in [0.1, 0.15) is 15.1 Å². The van der Waals surface area contributed by atoms with Gasteiger partial charge in [-0.25, -0.2) is 0 Å². The fourth-order valence-electron chi connectivity index (χ4n) is 2.04. The summed E-state index contributed by atoms with van der Waals surface area (Å²) in [4.78, 5) is 0. The summed E-state index contributed by atoms with van der Waals surface area (Å²) in [6, 6.07) is 16.7. The maximum atomic E-state index is 5.21. The van der Waals surface area contributed by atoms with Crippen LogP contribution in [0.4, 0.5) is 0 Å². The summed E-state index contributed by atoms with van der Waals surface area (Å²) in [6.45, 7) is 0. The van der Waals surface area contributed by atoms with Gasteiger partial charge in [0.15, 0.2) is 0 Å². The first-order valence-electron chi connectivity index (χ1n) is 6.12. The third-order valence-electron chi connectivity index (χ3n) is 3.19. The van der Waals surface area contributed by atoms with Crippen molar-refractivity contribution in [3.8, 4) is 11.5 Å². The molecule has 0 aliphatic carbocycles. The van der Waals surface area contributed by atoms with E-state index in [4.69, 9.17) is 9.47 Å². The van der Waals surface area contributed by atoms with Crippen LogP contribution in [0.5, 0.6) is 11.5 Å². The molecule has 4 heteroatoms. The molecule has 2 nitrogen and oxygen atoms in total. The van der Waals surface area contributed by atoms with Crippen molar-refractivity contribution >= 4 is 31.6 Å². The molecule has 0 bridgehead atoms. The molecule has 0 atom stereocenters. The van der Waals surface area contributed by atoms with E-state index in [9.17, 15) is 0 Å². The Balaban J connectivity index is 2.26. The van der Waals surface area contributed by atoms with Crippen molar-refractivity contribution in [3.63, 3.8) is 0 Å². The van der Waals surface area contributed by atoms with Crippen LogP contribution in [0.25, 0.3) is 0 Å². The third kappa shape index (κ3) is 3.66. The second-order valence-electron chi connectivity index (χ2n) is 4.25. The molecule has 2 rings (SSSR count). The first-order chi connectivity index (χ1) is 9.28. The van der Waals surface area contributed by atoms with Crippen molar-refractivity contribution < 1.29 is 9.47 Å². The van der Waals surface area contributed by atoms with E-state index in [2.05, 4.69) is 37.0 Å². The van der Waals surface area contributed by atoms with Crippen molar-refractivity contribution in [3.05, 3.63) is 59.7 Å². The molecule has 0 aliphatic heterocycles. The van der Waals surface area contributed by atoms with E-state index in [0.717, 1.165) is 11.5 Å². The molecular formula is C15H17BrO2Sn. The van der Waals surface area contributed by atoms with Gasteiger partial charge in [-0.05, 0) is 0 Å². The standard InChI is InChI=1S/C15H15O2.BrH.Sn.2H/c1-16-14-7-3-12(4-8-14)11-13-5-9-15(17-2)10-6-13;;;;/h3-11H,1-2H3;1H;;;/q;;+1;;/p-1. The predicted octanol–water partition coefficient (Wildman–Crippen LogP) is 3.27. The van der Waals surface area contributed by atoms with Crippen LogP contribution in [0.2, 0.25) is 0 Å². The molecule has 0 N–H and O–H groups in total. The Labute approximate surface area is 130 Å². The van der Waals surface area contributed by atoms with Crippen molar-refractivity contribution in [2.24, 2.45) is 0 Å². The van der Waals surface area contributed by atoms with E-state index in [1.54, 1.807) is 14.2 Å². The van der Waals surface area contributed by atoms with E-state index >= 15 is 0 Å². The average molecular weight is 428 g/mol. The molecule has 0 aliphatic rings. The topological polar surface area (TPSA) is 18.5 Å². The number of hydrogen-bond donors (Lipinski definition) is 0. The van der Waals surface area contributed by atoms with Crippen LogP contribution in [0.15, 0.2) is 48.5 Å². The SMILES string of the molecule is COc1ccc([CH]([SnH2][Br])c2ccc(OC)cc2)cc1. The molecule has 0 amide bonds. The van der Waals surface area contributed by atoms with E-state index in [0.29, 0.717) is 3.93 Å². The number of ether oxygens (including phenoxy) is 2. The summed E-state index contributed by atoms with van der Waals surface area (Å²) in [6.07, 6.45) is 0. The normalized spacial score (nSPS) is 11.2. The molecule has 0 radical (unpaired) electrons. The average Bonchev–Trinajstić information content (AvgIpc) is 2.49.